The van der Waals surface area contributed by atoms with E-state index >= 15 is 0 Å². The van der Waals surface area contributed by atoms with Gasteiger partial charge in [-0.3, -0.25) is 0 Å². The summed E-state index contributed by atoms with van der Waals surface area (Å²) >= 11 is 0. The number of hydrogen-bond acceptors (Lipinski definition) is 2. The van der Waals surface area contributed by atoms with Crippen LogP contribution in [0.15, 0.2) is 36.7 Å². The Labute approximate surface area is 165 Å². The zero-order valence-corrected chi connectivity index (χ0v) is 17.1. The zero-order valence-electron chi connectivity index (χ0n) is 17.1. The maximum atomic E-state index is 4.68. The second kappa shape index (κ2) is 11.2. The van der Waals surface area contributed by atoms with Gasteiger partial charge in [0.1, 0.15) is 5.82 Å². The minimum absolute atomic E-state index is 0.581. The minimum atomic E-state index is 0.581. The van der Waals surface area contributed by atoms with Gasteiger partial charge in [-0.2, -0.15) is 0 Å². The molecule has 2 heteroatoms. The Morgan fingerprint density at radius 3 is 2.04 bits per heavy atom. The third-order valence-electron chi connectivity index (χ3n) is 6.00. The second-order valence-electron chi connectivity index (χ2n) is 8.23. The smallest absolute Gasteiger partial charge is 0.131 e. The molecule has 2 aromatic rings. The molecule has 0 bridgehead atoms. The summed E-state index contributed by atoms with van der Waals surface area (Å²) in [7, 11) is 0. The van der Waals surface area contributed by atoms with Crippen LogP contribution >= 0.6 is 0 Å². The van der Waals surface area contributed by atoms with Crippen molar-refractivity contribution >= 4 is 0 Å². The van der Waals surface area contributed by atoms with Crippen molar-refractivity contribution in [2.24, 2.45) is 0 Å². The summed E-state index contributed by atoms with van der Waals surface area (Å²) in [6, 6.07) is 9.02. The third-order valence-corrected chi connectivity index (χ3v) is 6.00. The molecule has 27 heavy (non-hydrogen) atoms. The van der Waals surface area contributed by atoms with Crippen LogP contribution in [-0.4, -0.2) is 9.97 Å². The van der Waals surface area contributed by atoms with E-state index in [2.05, 4.69) is 41.2 Å². The number of hydrogen-bond donors (Lipinski definition) is 0. The highest BCUT2D eigenvalue weighted by Crippen LogP contribution is 2.31. The maximum absolute atomic E-state index is 4.68. The number of aryl methyl sites for hydroxylation is 1. The topological polar surface area (TPSA) is 25.8 Å². The molecule has 146 valence electrons. The third kappa shape index (κ3) is 6.45. The quantitative estimate of drug-likeness (QED) is 0.408. The molecule has 2 nitrogen and oxygen atoms in total. The molecule has 3 rings (SSSR count). The summed E-state index contributed by atoms with van der Waals surface area (Å²) in [4.78, 5) is 9.36. The highest BCUT2D eigenvalue weighted by Gasteiger charge is 2.17. The average Bonchev–Trinajstić information content (AvgIpc) is 2.74. The summed E-state index contributed by atoms with van der Waals surface area (Å²) in [5.74, 6) is 1.63. The Balaban J connectivity index is 1.45. The first kappa shape index (κ1) is 20.0. The van der Waals surface area contributed by atoms with Crippen LogP contribution in [0.2, 0.25) is 0 Å². The summed E-state index contributed by atoms with van der Waals surface area (Å²) < 4.78 is 0. The van der Waals surface area contributed by atoms with E-state index in [0.717, 1.165) is 11.4 Å². The van der Waals surface area contributed by atoms with Crippen LogP contribution in [0.25, 0.3) is 11.1 Å². The standard InChI is InChI=1S/C25H36N2/c1-2-3-4-5-6-7-9-12-21-15-17-22(18-16-21)24-19-26-25(27-20-24)23-13-10-8-11-14-23/h15-20,23H,2-14H2,1H3. The van der Waals surface area contributed by atoms with Crippen molar-refractivity contribution < 1.29 is 0 Å². The summed E-state index contributed by atoms with van der Waals surface area (Å²) in [6.45, 7) is 2.28. The summed E-state index contributed by atoms with van der Waals surface area (Å²) in [5.41, 5.74) is 3.82. The van der Waals surface area contributed by atoms with Crippen LogP contribution in [-0.2, 0) is 6.42 Å². The lowest BCUT2D eigenvalue weighted by molar-refractivity contribution is 0.428. The van der Waals surface area contributed by atoms with Gasteiger partial charge in [0.05, 0.1) is 0 Å². The summed E-state index contributed by atoms with van der Waals surface area (Å²) in [5, 5.41) is 0. The van der Waals surface area contributed by atoms with Crippen LogP contribution in [0.3, 0.4) is 0 Å². The Morgan fingerprint density at radius 1 is 0.741 bits per heavy atom. The molecular weight excluding hydrogens is 328 g/mol. The number of unbranched alkanes of at least 4 members (excludes halogenated alkanes) is 6. The molecule has 0 amide bonds. The first-order valence-electron chi connectivity index (χ1n) is 11.3. The van der Waals surface area contributed by atoms with Gasteiger partial charge in [0.15, 0.2) is 0 Å². The zero-order chi connectivity index (χ0) is 18.7. The number of aromatic nitrogens is 2. The molecule has 1 heterocycles. The predicted octanol–water partition coefficient (Wildman–Crippen LogP) is 7.48. The fourth-order valence-electron chi connectivity index (χ4n) is 4.21. The maximum Gasteiger partial charge on any atom is 0.131 e. The SMILES string of the molecule is CCCCCCCCCc1ccc(-c2cnc(C3CCCCC3)nc2)cc1. The van der Waals surface area contributed by atoms with Crippen LogP contribution in [0.4, 0.5) is 0 Å². The molecule has 0 atom stereocenters. The van der Waals surface area contributed by atoms with Crippen LogP contribution in [0.5, 0.6) is 0 Å². The van der Waals surface area contributed by atoms with Gasteiger partial charge < -0.3 is 0 Å². The molecule has 0 spiro atoms. The molecule has 1 saturated carbocycles. The Hall–Kier alpha value is -1.70. The van der Waals surface area contributed by atoms with Gasteiger partial charge in [-0.05, 0) is 36.8 Å². The monoisotopic (exact) mass is 364 g/mol. The van der Waals surface area contributed by atoms with E-state index in [9.17, 15) is 0 Å². The molecule has 1 aliphatic rings. The number of nitrogens with zero attached hydrogens (tertiary/aromatic N) is 2. The lowest BCUT2D eigenvalue weighted by atomic mass is 9.88. The molecule has 1 aromatic heterocycles. The largest absolute Gasteiger partial charge is 0.240 e. The van der Waals surface area contributed by atoms with Gasteiger partial charge in [0.25, 0.3) is 0 Å². The van der Waals surface area contributed by atoms with Crippen LogP contribution in [0.1, 0.15) is 101 Å². The fraction of sp³-hybridized carbons (Fsp3) is 0.600. The van der Waals surface area contributed by atoms with E-state index in [1.165, 1.54) is 94.6 Å². The van der Waals surface area contributed by atoms with Crippen molar-refractivity contribution in [3.8, 4) is 11.1 Å². The Bertz CT molecular complexity index is 639. The molecule has 1 aromatic carbocycles. The molecule has 0 N–H and O–H groups in total. The van der Waals surface area contributed by atoms with Crippen molar-refractivity contribution in [1.29, 1.82) is 0 Å². The van der Waals surface area contributed by atoms with Crippen LogP contribution < -0.4 is 0 Å². The molecule has 0 aliphatic heterocycles. The molecule has 1 fully saturated rings. The van der Waals surface area contributed by atoms with E-state index in [1.807, 2.05) is 12.4 Å². The molecular formula is C25H36N2. The Morgan fingerprint density at radius 2 is 1.37 bits per heavy atom. The fourth-order valence-corrected chi connectivity index (χ4v) is 4.21. The highest BCUT2D eigenvalue weighted by molar-refractivity contribution is 5.61. The van der Waals surface area contributed by atoms with Crippen molar-refractivity contribution in [2.75, 3.05) is 0 Å². The lowest BCUT2D eigenvalue weighted by Gasteiger charge is -2.20. The van der Waals surface area contributed by atoms with Gasteiger partial charge in [-0.25, -0.2) is 9.97 Å². The van der Waals surface area contributed by atoms with E-state index in [4.69, 9.17) is 0 Å². The average molecular weight is 365 g/mol. The van der Waals surface area contributed by atoms with Crippen molar-refractivity contribution in [3.05, 3.63) is 48.0 Å². The minimum Gasteiger partial charge on any atom is -0.240 e. The number of rotatable bonds is 10. The molecule has 0 radical (unpaired) electrons. The lowest BCUT2D eigenvalue weighted by Crippen LogP contribution is -2.08. The van der Waals surface area contributed by atoms with Gasteiger partial charge in [-0.1, -0.05) is 89.0 Å². The van der Waals surface area contributed by atoms with E-state index in [-0.39, 0.29) is 0 Å². The molecule has 0 saturated heterocycles. The van der Waals surface area contributed by atoms with Crippen molar-refractivity contribution in [3.63, 3.8) is 0 Å². The van der Waals surface area contributed by atoms with Gasteiger partial charge in [-0.15, -0.1) is 0 Å². The Kier molecular flexibility index (Phi) is 8.32. The van der Waals surface area contributed by atoms with E-state index < -0.39 is 0 Å². The summed E-state index contributed by atoms with van der Waals surface area (Å²) in [6.07, 6.45) is 21.4. The number of benzene rings is 1. The normalized spacial score (nSPS) is 15.1. The van der Waals surface area contributed by atoms with Crippen molar-refractivity contribution in [1.82, 2.24) is 9.97 Å². The van der Waals surface area contributed by atoms with Crippen LogP contribution in [0, 0.1) is 0 Å². The highest BCUT2D eigenvalue weighted by atomic mass is 14.9. The first-order valence-corrected chi connectivity index (χ1v) is 11.3. The molecule has 0 unspecified atom stereocenters. The van der Waals surface area contributed by atoms with E-state index in [0.29, 0.717) is 5.92 Å². The second-order valence-corrected chi connectivity index (χ2v) is 8.23. The van der Waals surface area contributed by atoms with Gasteiger partial charge >= 0.3 is 0 Å². The van der Waals surface area contributed by atoms with Crippen molar-refractivity contribution in [2.45, 2.75) is 96.3 Å². The van der Waals surface area contributed by atoms with E-state index in [1.54, 1.807) is 0 Å². The van der Waals surface area contributed by atoms with Gasteiger partial charge in [0, 0.05) is 23.9 Å². The van der Waals surface area contributed by atoms with Gasteiger partial charge in [0.2, 0.25) is 0 Å². The predicted molar refractivity (Wildman–Crippen MR) is 115 cm³/mol. The first-order chi connectivity index (χ1) is 13.4. The molecule has 1 aliphatic carbocycles.